The number of pyridine rings is 1. The van der Waals surface area contributed by atoms with Crippen LogP contribution in [0.5, 0.6) is 0 Å². The lowest BCUT2D eigenvalue weighted by Crippen LogP contribution is -2.26. The molecule has 1 fully saturated rings. The fourth-order valence-electron chi connectivity index (χ4n) is 2.34. The summed E-state index contributed by atoms with van der Waals surface area (Å²) in [6.45, 7) is 5.93. The Bertz CT molecular complexity index is 676. The van der Waals surface area contributed by atoms with Crippen molar-refractivity contribution in [3.8, 4) is 0 Å². The Kier molecular flexibility index (Phi) is 4.11. The zero-order valence-electron chi connectivity index (χ0n) is 13.0. The van der Waals surface area contributed by atoms with Crippen LogP contribution in [0.3, 0.4) is 0 Å². The predicted octanol–water partition coefficient (Wildman–Crippen LogP) is 3.22. The molecule has 5 nitrogen and oxygen atoms in total. The molecular formula is C16H20N4OS. The van der Waals surface area contributed by atoms with Crippen LogP contribution in [0.15, 0.2) is 18.3 Å². The number of carbonyl (C=O) groups excluding carboxylic acids is 1. The molecule has 0 saturated heterocycles. The second-order valence-electron chi connectivity index (χ2n) is 5.73. The fourth-order valence-corrected chi connectivity index (χ4v) is 3.27. The minimum Gasteiger partial charge on any atom is -0.367 e. The van der Waals surface area contributed by atoms with Crippen LogP contribution in [0.2, 0.25) is 0 Å². The second kappa shape index (κ2) is 6.04. The third-order valence-electron chi connectivity index (χ3n) is 3.64. The van der Waals surface area contributed by atoms with Crippen LogP contribution < -0.4 is 10.6 Å². The van der Waals surface area contributed by atoms with Gasteiger partial charge in [0, 0.05) is 17.1 Å². The summed E-state index contributed by atoms with van der Waals surface area (Å²) in [7, 11) is 0. The number of nitrogens with zero attached hydrogens (tertiary/aromatic N) is 2. The van der Waals surface area contributed by atoms with E-state index in [1.807, 2.05) is 32.9 Å². The number of aryl methyl sites for hydroxylation is 2. The van der Waals surface area contributed by atoms with E-state index in [-0.39, 0.29) is 11.9 Å². The van der Waals surface area contributed by atoms with Gasteiger partial charge in [-0.25, -0.2) is 9.97 Å². The monoisotopic (exact) mass is 316 g/mol. The largest absolute Gasteiger partial charge is 0.367 e. The number of amides is 1. The number of nitrogens with one attached hydrogen (secondary N) is 2. The highest BCUT2D eigenvalue weighted by molar-refractivity contribution is 7.11. The van der Waals surface area contributed by atoms with E-state index >= 15 is 0 Å². The van der Waals surface area contributed by atoms with E-state index < -0.39 is 0 Å². The van der Waals surface area contributed by atoms with E-state index in [1.165, 1.54) is 12.8 Å². The van der Waals surface area contributed by atoms with Gasteiger partial charge < -0.3 is 10.6 Å². The molecule has 0 aliphatic heterocycles. The van der Waals surface area contributed by atoms with E-state index in [0.717, 1.165) is 21.4 Å². The summed E-state index contributed by atoms with van der Waals surface area (Å²) in [5, 5.41) is 7.34. The molecule has 116 valence electrons. The van der Waals surface area contributed by atoms with Crippen molar-refractivity contribution in [2.75, 3.05) is 5.32 Å². The molecule has 1 amide bonds. The third kappa shape index (κ3) is 3.44. The number of aromatic nitrogens is 2. The highest BCUT2D eigenvalue weighted by atomic mass is 32.1. The molecule has 1 aliphatic rings. The smallest absolute Gasteiger partial charge is 0.253 e. The molecule has 1 atom stereocenters. The molecule has 6 heteroatoms. The number of anilines is 1. The molecule has 2 N–H and O–H groups in total. The number of hydrogen-bond donors (Lipinski definition) is 2. The second-order valence-corrected chi connectivity index (χ2v) is 6.96. The summed E-state index contributed by atoms with van der Waals surface area (Å²) in [6.07, 6.45) is 4.03. The van der Waals surface area contributed by atoms with Crippen LogP contribution in [0.4, 0.5) is 5.82 Å². The number of hydrogen-bond acceptors (Lipinski definition) is 5. The average molecular weight is 316 g/mol. The fraction of sp³-hybridized carbons (Fsp3) is 0.438. The van der Waals surface area contributed by atoms with Crippen LogP contribution in [0.1, 0.15) is 51.7 Å². The van der Waals surface area contributed by atoms with Gasteiger partial charge in [-0.1, -0.05) is 0 Å². The van der Waals surface area contributed by atoms with Gasteiger partial charge >= 0.3 is 0 Å². The molecule has 22 heavy (non-hydrogen) atoms. The van der Waals surface area contributed by atoms with Gasteiger partial charge in [0.15, 0.2) is 0 Å². The zero-order valence-corrected chi connectivity index (χ0v) is 13.8. The Morgan fingerprint density at radius 3 is 2.68 bits per heavy atom. The van der Waals surface area contributed by atoms with Gasteiger partial charge in [-0.15, -0.1) is 11.3 Å². The number of thiazole rings is 1. The van der Waals surface area contributed by atoms with Gasteiger partial charge in [-0.2, -0.15) is 0 Å². The predicted molar refractivity (Wildman–Crippen MR) is 88.4 cm³/mol. The van der Waals surface area contributed by atoms with Crippen molar-refractivity contribution in [3.05, 3.63) is 39.5 Å². The summed E-state index contributed by atoms with van der Waals surface area (Å²) in [5.74, 6) is 0.726. The lowest BCUT2D eigenvalue weighted by Gasteiger charge is -2.13. The lowest BCUT2D eigenvalue weighted by atomic mass is 10.2. The highest BCUT2D eigenvalue weighted by Gasteiger charge is 2.21. The van der Waals surface area contributed by atoms with Crippen LogP contribution in [0.25, 0.3) is 0 Å². The topological polar surface area (TPSA) is 66.9 Å². The van der Waals surface area contributed by atoms with E-state index in [4.69, 9.17) is 0 Å². The first-order valence-corrected chi connectivity index (χ1v) is 8.32. The molecule has 0 spiro atoms. The van der Waals surface area contributed by atoms with Gasteiger partial charge in [0.2, 0.25) is 0 Å². The summed E-state index contributed by atoms with van der Waals surface area (Å²) in [5.41, 5.74) is 1.56. The van der Waals surface area contributed by atoms with Crippen molar-refractivity contribution in [1.82, 2.24) is 15.3 Å². The first-order chi connectivity index (χ1) is 10.5. The zero-order chi connectivity index (χ0) is 15.7. The molecule has 0 unspecified atom stereocenters. The van der Waals surface area contributed by atoms with Crippen LogP contribution in [-0.2, 0) is 0 Å². The van der Waals surface area contributed by atoms with E-state index in [2.05, 4.69) is 20.6 Å². The van der Waals surface area contributed by atoms with Gasteiger partial charge in [-0.05, 0) is 45.7 Å². The maximum Gasteiger partial charge on any atom is 0.253 e. The molecule has 2 heterocycles. The Hall–Kier alpha value is -1.95. The summed E-state index contributed by atoms with van der Waals surface area (Å²) in [4.78, 5) is 22.1. The Balaban J connectivity index is 1.64. The highest BCUT2D eigenvalue weighted by Crippen LogP contribution is 2.25. The normalized spacial score (nSPS) is 15.4. The van der Waals surface area contributed by atoms with Crippen molar-refractivity contribution >= 4 is 23.1 Å². The van der Waals surface area contributed by atoms with Crippen molar-refractivity contribution in [1.29, 1.82) is 0 Å². The van der Waals surface area contributed by atoms with E-state index in [1.54, 1.807) is 17.5 Å². The van der Waals surface area contributed by atoms with Crippen LogP contribution in [0, 0.1) is 13.8 Å². The van der Waals surface area contributed by atoms with Gasteiger partial charge in [-0.3, -0.25) is 4.79 Å². The molecule has 0 aromatic carbocycles. The van der Waals surface area contributed by atoms with Crippen LogP contribution >= 0.6 is 11.3 Å². The van der Waals surface area contributed by atoms with Crippen molar-refractivity contribution in [3.63, 3.8) is 0 Å². The summed E-state index contributed by atoms with van der Waals surface area (Å²) >= 11 is 1.62. The number of rotatable bonds is 5. The third-order valence-corrected chi connectivity index (χ3v) is 4.89. The Labute approximate surface area is 134 Å². The van der Waals surface area contributed by atoms with Gasteiger partial charge in [0.1, 0.15) is 5.82 Å². The van der Waals surface area contributed by atoms with Crippen molar-refractivity contribution < 1.29 is 4.79 Å². The SMILES string of the molecule is Cc1nc(C)c([C@@H](C)NC(=O)c2ccc(NC3CC3)nc2)s1. The van der Waals surface area contributed by atoms with E-state index in [0.29, 0.717) is 11.6 Å². The van der Waals surface area contributed by atoms with Crippen LogP contribution in [-0.4, -0.2) is 21.9 Å². The quantitative estimate of drug-likeness (QED) is 0.889. The molecule has 2 aromatic heterocycles. The molecule has 0 radical (unpaired) electrons. The molecule has 1 saturated carbocycles. The maximum atomic E-state index is 12.3. The lowest BCUT2D eigenvalue weighted by molar-refractivity contribution is 0.0940. The molecule has 2 aromatic rings. The van der Waals surface area contributed by atoms with Gasteiger partial charge in [0.05, 0.1) is 22.3 Å². The average Bonchev–Trinajstić information content (AvgIpc) is 3.22. The van der Waals surface area contributed by atoms with Crippen molar-refractivity contribution in [2.45, 2.75) is 45.7 Å². The first kappa shape index (κ1) is 15.0. The summed E-state index contributed by atoms with van der Waals surface area (Å²) in [6, 6.07) is 4.18. The summed E-state index contributed by atoms with van der Waals surface area (Å²) < 4.78 is 0. The number of carbonyl (C=O) groups is 1. The first-order valence-electron chi connectivity index (χ1n) is 7.50. The minimum atomic E-state index is -0.108. The Morgan fingerprint density at radius 2 is 2.14 bits per heavy atom. The molecule has 3 rings (SSSR count). The van der Waals surface area contributed by atoms with Crippen molar-refractivity contribution in [2.24, 2.45) is 0 Å². The maximum absolute atomic E-state index is 12.3. The van der Waals surface area contributed by atoms with Gasteiger partial charge in [0.25, 0.3) is 5.91 Å². The Morgan fingerprint density at radius 1 is 1.36 bits per heavy atom. The molecule has 0 bridgehead atoms. The minimum absolute atomic E-state index is 0.0528. The van der Waals surface area contributed by atoms with E-state index in [9.17, 15) is 4.79 Å². The molecular weight excluding hydrogens is 296 g/mol. The standard InChI is InChI=1S/C16H20N4OS/c1-9-15(22-11(3)18-9)10(2)19-16(21)12-4-7-14(17-8-12)20-13-5-6-13/h4,7-8,10,13H,5-6H2,1-3H3,(H,17,20)(H,19,21)/t10-/m1/s1. The molecule has 1 aliphatic carbocycles.